The lowest BCUT2D eigenvalue weighted by Gasteiger charge is -2.35. The zero-order chi connectivity index (χ0) is 21.1. The lowest BCUT2D eigenvalue weighted by atomic mass is 9.94. The molecule has 0 aliphatic carbocycles. The number of carbonyl (C=O) groups is 2. The van der Waals surface area contributed by atoms with Gasteiger partial charge in [0.15, 0.2) is 0 Å². The van der Waals surface area contributed by atoms with E-state index in [4.69, 9.17) is 21.1 Å². The molecule has 1 aliphatic rings. The van der Waals surface area contributed by atoms with Crippen molar-refractivity contribution in [2.75, 3.05) is 18.6 Å². The van der Waals surface area contributed by atoms with E-state index in [1.54, 1.807) is 45.2 Å². The minimum atomic E-state index is -0.709. The van der Waals surface area contributed by atoms with Crippen LogP contribution in [0.25, 0.3) is 0 Å². The molecule has 0 bridgehead atoms. The van der Waals surface area contributed by atoms with Gasteiger partial charge in [-0.15, -0.1) is 0 Å². The lowest BCUT2D eigenvalue weighted by molar-refractivity contribution is -0.139. The number of halogens is 2. The summed E-state index contributed by atoms with van der Waals surface area (Å²) in [6.45, 7) is 3.52. The van der Waals surface area contributed by atoms with Crippen molar-refractivity contribution in [1.82, 2.24) is 5.32 Å². The minimum absolute atomic E-state index is 0.127. The number of carbonyl (C=O) groups excluding carboxylic acids is 2. The van der Waals surface area contributed by atoms with Crippen molar-refractivity contribution in [2.45, 2.75) is 19.9 Å². The van der Waals surface area contributed by atoms with Gasteiger partial charge >= 0.3 is 12.0 Å². The maximum Gasteiger partial charge on any atom is 0.338 e. The molecule has 3 rings (SSSR count). The van der Waals surface area contributed by atoms with Gasteiger partial charge in [0.05, 0.1) is 36.0 Å². The van der Waals surface area contributed by atoms with E-state index in [2.05, 4.69) is 5.32 Å². The van der Waals surface area contributed by atoms with Crippen molar-refractivity contribution in [1.29, 1.82) is 0 Å². The molecule has 152 valence electrons. The molecule has 6 nitrogen and oxygen atoms in total. The first kappa shape index (κ1) is 20.7. The summed E-state index contributed by atoms with van der Waals surface area (Å²) in [6, 6.07) is 9.74. The molecule has 1 N–H and O–H groups in total. The van der Waals surface area contributed by atoms with Crippen LogP contribution in [0.5, 0.6) is 5.75 Å². The van der Waals surface area contributed by atoms with Gasteiger partial charge in [0.2, 0.25) is 0 Å². The Kier molecular flexibility index (Phi) is 6.08. The van der Waals surface area contributed by atoms with E-state index in [-0.39, 0.29) is 17.2 Å². The second kappa shape index (κ2) is 8.53. The van der Waals surface area contributed by atoms with Crippen molar-refractivity contribution < 1.29 is 23.5 Å². The number of anilines is 1. The number of hydrogen-bond acceptors (Lipinski definition) is 4. The first-order valence-electron chi connectivity index (χ1n) is 8.94. The molecule has 2 aromatic rings. The number of urea groups is 1. The quantitative estimate of drug-likeness (QED) is 0.721. The number of hydrogen-bond donors (Lipinski definition) is 1. The predicted molar refractivity (Wildman–Crippen MR) is 107 cm³/mol. The molecule has 29 heavy (non-hydrogen) atoms. The van der Waals surface area contributed by atoms with Crippen LogP contribution in [-0.4, -0.2) is 25.7 Å². The summed E-state index contributed by atoms with van der Waals surface area (Å²) in [5, 5.41) is 2.70. The summed E-state index contributed by atoms with van der Waals surface area (Å²) >= 11 is 5.88. The fraction of sp³-hybridized carbons (Fsp3) is 0.238. The summed E-state index contributed by atoms with van der Waals surface area (Å²) < 4.78 is 24.0. The zero-order valence-corrected chi connectivity index (χ0v) is 16.9. The molecule has 0 saturated carbocycles. The molecule has 8 heteroatoms. The summed E-state index contributed by atoms with van der Waals surface area (Å²) in [6.07, 6.45) is 0. The van der Waals surface area contributed by atoms with E-state index >= 15 is 0 Å². The molecule has 1 atom stereocenters. The Morgan fingerprint density at radius 2 is 1.93 bits per heavy atom. The number of allylic oxidation sites excluding steroid dienone is 1. The Labute approximate surface area is 172 Å². The molecule has 0 aromatic heterocycles. The number of esters is 1. The van der Waals surface area contributed by atoms with E-state index in [0.717, 1.165) is 6.07 Å². The zero-order valence-electron chi connectivity index (χ0n) is 16.2. The summed E-state index contributed by atoms with van der Waals surface area (Å²) in [5.74, 6) is -0.503. The van der Waals surface area contributed by atoms with Crippen molar-refractivity contribution in [3.05, 3.63) is 70.1 Å². The van der Waals surface area contributed by atoms with Gasteiger partial charge < -0.3 is 14.8 Å². The first-order chi connectivity index (χ1) is 13.9. The number of nitrogens with one attached hydrogen (secondary N) is 1. The normalized spacial score (nSPS) is 16.5. The van der Waals surface area contributed by atoms with Crippen molar-refractivity contribution >= 4 is 29.3 Å². The molecule has 1 aliphatic heterocycles. The highest BCUT2D eigenvalue weighted by molar-refractivity contribution is 6.31. The molecule has 1 heterocycles. The Morgan fingerprint density at radius 3 is 2.52 bits per heavy atom. The molecule has 0 fully saturated rings. The number of amides is 2. The molecule has 2 aromatic carbocycles. The van der Waals surface area contributed by atoms with Crippen LogP contribution in [0.4, 0.5) is 14.9 Å². The molecule has 1 unspecified atom stereocenters. The van der Waals surface area contributed by atoms with Gasteiger partial charge in [0, 0.05) is 5.70 Å². The maximum atomic E-state index is 13.6. The monoisotopic (exact) mass is 418 g/mol. The third-order valence-corrected chi connectivity index (χ3v) is 4.88. The highest BCUT2D eigenvalue weighted by atomic mass is 35.5. The average Bonchev–Trinajstić information content (AvgIpc) is 2.70. The van der Waals surface area contributed by atoms with Crippen LogP contribution in [0.1, 0.15) is 25.5 Å². The molecule has 0 radical (unpaired) electrons. The van der Waals surface area contributed by atoms with Gasteiger partial charge in [-0.05, 0) is 49.7 Å². The average molecular weight is 419 g/mol. The van der Waals surface area contributed by atoms with Crippen molar-refractivity contribution in [3.8, 4) is 5.75 Å². The molecule has 0 saturated heterocycles. The smallest absolute Gasteiger partial charge is 0.338 e. The second-order valence-electron chi connectivity index (χ2n) is 6.31. The largest absolute Gasteiger partial charge is 0.497 e. The maximum absolute atomic E-state index is 13.6. The highest BCUT2D eigenvalue weighted by Crippen LogP contribution is 2.35. The molecule has 2 amide bonds. The van der Waals surface area contributed by atoms with Crippen LogP contribution in [-0.2, 0) is 9.53 Å². The van der Waals surface area contributed by atoms with Crippen LogP contribution < -0.4 is 15.0 Å². The van der Waals surface area contributed by atoms with Crippen LogP contribution in [0.2, 0.25) is 5.02 Å². The van der Waals surface area contributed by atoms with E-state index in [9.17, 15) is 14.0 Å². The number of methoxy groups -OCH3 is 1. The van der Waals surface area contributed by atoms with E-state index < -0.39 is 23.9 Å². The van der Waals surface area contributed by atoms with Gasteiger partial charge in [-0.2, -0.15) is 0 Å². The Bertz CT molecular complexity index is 975. The number of rotatable bonds is 5. The molecular formula is C21H20ClFN2O4. The molecule has 0 spiro atoms. The van der Waals surface area contributed by atoms with E-state index in [1.165, 1.54) is 17.0 Å². The number of benzene rings is 2. The number of ether oxygens (including phenoxy) is 2. The van der Waals surface area contributed by atoms with Crippen LogP contribution in [0.15, 0.2) is 53.7 Å². The SMILES string of the molecule is CCOC(=O)C1=C(C)N(c2ccc(F)c(Cl)c2)C(=O)NC1c1ccc(OC)cc1. The van der Waals surface area contributed by atoms with E-state index in [0.29, 0.717) is 22.7 Å². The van der Waals surface area contributed by atoms with Gasteiger partial charge in [-0.1, -0.05) is 23.7 Å². The summed E-state index contributed by atoms with van der Waals surface area (Å²) in [4.78, 5) is 26.9. The lowest BCUT2D eigenvalue weighted by Crippen LogP contribution is -2.48. The fourth-order valence-corrected chi connectivity index (χ4v) is 3.37. The predicted octanol–water partition coefficient (Wildman–Crippen LogP) is 4.60. The topological polar surface area (TPSA) is 67.9 Å². The van der Waals surface area contributed by atoms with Gasteiger partial charge in [0.25, 0.3) is 0 Å². The minimum Gasteiger partial charge on any atom is -0.497 e. The third kappa shape index (κ3) is 4.05. The molecular weight excluding hydrogens is 399 g/mol. The van der Waals surface area contributed by atoms with Gasteiger partial charge in [0.1, 0.15) is 11.6 Å². The highest BCUT2D eigenvalue weighted by Gasteiger charge is 2.37. The van der Waals surface area contributed by atoms with E-state index in [1.807, 2.05) is 0 Å². The van der Waals surface area contributed by atoms with Crippen LogP contribution in [0, 0.1) is 5.82 Å². The standard InChI is InChI=1S/C21H20ClFN2O4/c1-4-29-20(26)18-12(2)25(14-7-10-17(23)16(22)11-14)21(27)24-19(18)13-5-8-15(28-3)9-6-13/h5-11,19H,4H2,1-3H3,(H,24,27). The van der Waals surface area contributed by atoms with Crippen LogP contribution in [0.3, 0.4) is 0 Å². The Hall–Kier alpha value is -3.06. The van der Waals surface area contributed by atoms with Crippen molar-refractivity contribution in [2.24, 2.45) is 0 Å². The third-order valence-electron chi connectivity index (χ3n) is 4.59. The summed E-state index contributed by atoms with van der Waals surface area (Å²) in [5.41, 5.74) is 1.67. The Balaban J connectivity index is 2.11. The van der Waals surface area contributed by atoms with Gasteiger partial charge in [-0.25, -0.2) is 14.0 Å². The Morgan fingerprint density at radius 1 is 1.24 bits per heavy atom. The van der Waals surface area contributed by atoms with Crippen LogP contribution >= 0.6 is 11.6 Å². The second-order valence-corrected chi connectivity index (χ2v) is 6.72. The van der Waals surface area contributed by atoms with Crippen molar-refractivity contribution in [3.63, 3.8) is 0 Å². The number of nitrogens with zero attached hydrogens (tertiary/aromatic N) is 1. The van der Waals surface area contributed by atoms with Gasteiger partial charge in [-0.3, -0.25) is 4.90 Å². The summed E-state index contributed by atoms with van der Waals surface area (Å²) in [7, 11) is 1.55. The fourth-order valence-electron chi connectivity index (χ4n) is 3.20. The first-order valence-corrected chi connectivity index (χ1v) is 9.32.